The summed E-state index contributed by atoms with van der Waals surface area (Å²) in [6, 6.07) is 5.53. The van der Waals surface area contributed by atoms with Gasteiger partial charge in [0.2, 0.25) is 12.7 Å². The molecular weight excluding hydrogens is 232 g/mol. The van der Waals surface area contributed by atoms with Crippen molar-refractivity contribution in [3.63, 3.8) is 0 Å². The van der Waals surface area contributed by atoms with Crippen LogP contribution in [0.3, 0.4) is 0 Å². The lowest BCUT2D eigenvalue weighted by Crippen LogP contribution is -2.38. The summed E-state index contributed by atoms with van der Waals surface area (Å²) in [5.74, 6) is 1.41. The molecule has 6 heteroatoms. The summed E-state index contributed by atoms with van der Waals surface area (Å²) in [5.41, 5.74) is 22.7. The Hall–Kier alpha value is -1.34. The Kier molecular flexibility index (Phi) is 5.36. The molecule has 0 unspecified atom stereocenters. The summed E-state index contributed by atoms with van der Waals surface area (Å²) in [7, 11) is 0. The zero-order valence-electron chi connectivity index (χ0n) is 10.8. The van der Waals surface area contributed by atoms with Gasteiger partial charge < -0.3 is 9.47 Å². The van der Waals surface area contributed by atoms with Gasteiger partial charge in [0.15, 0.2) is 11.5 Å². The first kappa shape index (κ1) is 14.7. The largest absolute Gasteiger partial charge is 0.459 e. The predicted molar refractivity (Wildman–Crippen MR) is 70.6 cm³/mol. The summed E-state index contributed by atoms with van der Waals surface area (Å²) < 4.78 is 10.5. The quantitative estimate of drug-likeness (QED) is 0.532. The smallest absolute Gasteiger partial charge is 0.202 e. The zero-order chi connectivity index (χ0) is 13.7. The minimum Gasteiger partial charge on any atom is -0.459 e. The lowest BCUT2D eigenvalue weighted by molar-refractivity contribution is 0.176. The zero-order valence-corrected chi connectivity index (χ0v) is 10.8. The van der Waals surface area contributed by atoms with Crippen molar-refractivity contribution in [2.45, 2.75) is 33.0 Å². The number of ether oxygens (including phenoxy) is 2. The normalized spacial score (nSPS) is 11.4. The third kappa shape index (κ3) is 4.89. The fourth-order valence-corrected chi connectivity index (χ4v) is 1.63. The first-order valence-electron chi connectivity index (χ1n) is 5.87. The second kappa shape index (κ2) is 6.55. The molecule has 0 spiro atoms. The van der Waals surface area contributed by atoms with Gasteiger partial charge in [-0.15, -0.1) is 0 Å². The van der Waals surface area contributed by atoms with Gasteiger partial charge in [-0.1, -0.05) is 19.9 Å². The van der Waals surface area contributed by atoms with Crippen molar-refractivity contribution >= 4 is 0 Å². The summed E-state index contributed by atoms with van der Waals surface area (Å²) >= 11 is 0. The van der Waals surface area contributed by atoms with E-state index in [1.165, 1.54) is 0 Å². The van der Waals surface area contributed by atoms with Crippen LogP contribution in [0.15, 0.2) is 18.2 Å². The lowest BCUT2D eigenvalue weighted by atomic mass is 10.0. The minimum atomic E-state index is -0.921. The molecule has 0 aliphatic carbocycles. The standard InChI is InChI=1S/C12H22N4O2/c1-7(2)5-8-3-4-9(17-11(13)14)10(6-8)18-12(15)16/h3-4,6-7,11-12H,5,13-16H2,1-2H3. The molecule has 1 aromatic rings. The maximum absolute atomic E-state index is 5.41. The molecule has 0 heterocycles. The fourth-order valence-electron chi connectivity index (χ4n) is 1.63. The summed E-state index contributed by atoms with van der Waals surface area (Å²) in [6.07, 6.45) is -0.918. The highest BCUT2D eigenvalue weighted by molar-refractivity contribution is 5.43. The van der Waals surface area contributed by atoms with E-state index < -0.39 is 12.7 Å². The van der Waals surface area contributed by atoms with Crippen LogP contribution in [0.1, 0.15) is 19.4 Å². The molecule has 8 N–H and O–H groups in total. The van der Waals surface area contributed by atoms with Crippen molar-refractivity contribution in [2.24, 2.45) is 28.9 Å². The number of benzene rings is 1. The van der Waals surface area contributed by atoms with Crippen LogP contribution in [0, 0.1) is 5.92 Å². The van der Waals surface area contributed by atoms with Crippen LogP contribution >= 0.6 is 0 Å². The SMILES string of the molecule is CC(C)Cc1ccc(OC(N)N)c(OC(N)N)c1. The van der Waals surface area contributed by atoms with Crippen LogP contribution in [0.4, 0.5) is 0 Å². The van der Waals surface area contributed by atoms with Crippen LogP contribution < -0.4 is 32.4 Å². The number of nitrogens with two attached hydrogens (primary N) is 4. The Morgan fingerprint density at radius 2 is 1.50 bits per heavy atom. The third-order valence-electron chi connectivity index (χ3n) is 2.18. The molecule has 0 radical (unpaired) electrons. The van der Waals surface area contributed by atoms with E-state index in [9.17, 15) is 0 Å². The molecule has 102 valence electrons. The maximum Gasteiger partial charge on any atom is 0.202 e. The number of rotatable bonds is 6. The Labute approximate surface area is 107 Å². The molecule has 18 heavy (non-hydrogen) atoms. The van der Waals surface area contributed by atoms with E-state index in [1.807, 2.05) is 12.1 Å². The molecule has 0 aliphatic rings. The minimum absolute atomic E-state index is 0.429. The van der Waals surface area contributed by atoms with E-state index in [0.29, 0.717) is 17.4 Å². The molecule has 0 aromatic heterocycles. The Morgan fingerprint density at radius 1 is 0.944 bits per heavy atom. The van der Waals surface area contributed by atoms with Crippen LogP contribution in [0.25, 0.3) is 0 Å². The molecule has 1 aromatic carbocycles. The van der Waals surface area contributed by atoms with E-state index >= 15 is 0 Å². The van der Waals surface area contributed by atoms with Gasteiger partial charge in [-0.25, -0.2) is 0 Å². The molecule has 0 atom stereocenters. The van der Waals surface area contributed by atoms with Gasteiger partial charge in [0.05, 0.1) is 0 Å². The van der Waals surface area contributed by atoms with Gasteiger partial charge in [0.1, 0.15) is 0 Å². The summed E-state index contributed by atoms with van der Waals surface area (Å²) in [4.78, 5) is 0. The topological polar surface area (TPSA) is 123 Å². The van der Waals surface area contributed by atoms with Gasteiger partial charge in [-0.3, -0.25) is 22.9 Å². The lowest BCUT2D eigenvalue weighted by Gasteiger charge is -2.17. The van der Waals surface area contributed by atoms with E-state index in [1.54, 1.807) is 6.07 Å². The van der Waals surface area contributed by atoms with E-state index in [4.69, 9.17) is 32.4 Å². The number of hydrogen-bond acceptors (Lipinski definition) is 6. The van der Waals surface area contributed by atoms with Crippen LogP contribution in [-0.4, -0.2) is 12.7 Å². The van der Waals surface area contributed by atoms with Crippen molar-refractivity contribution in [2.75, 3.05) is 0 Å². The molecule has 0 fully saturated rings. The van der Waals surface area contributed by atoms with Crippen LogP contribution in [0.2, 0.25) is 0 Å². The fraction of sp³-hybridized carbons (Fsp3) is 0.500. The second-order valence-electron chi connectivity index (χ2n) is 4.54. The molecule has 0 saturated heterocycles. The van der Waals surface area contributed by atoms with Gasteiger partial charge in [-0.2, -0.15) is 0 Å². The molecule has 1 rings (SSSR count). The summed E-state index contributed by atoms with van der Waals surface area (Å²) in [6.45, 7) is 4.27. The van der Waals surface area contributed by atoms with Gasteiger partial charge in [0.25, 0.3) is 0 Å². The Bertz CT molecular complexity index is 380. The average molecular weight is 254 g/mol. The molecular formula is C12H22N4O2. The average Bonchev–Trinajstić information content (AvgIpc) is 2.19. The molecule has 0 saturated carbocycles. The van der Waals surface area contributed by atoms with Gasteiger partial charge in [0, 0.05) is 0 Å². The molecule has 0 bridgehead atoms. The highest BCUT2D eigenvalue weighted by atomic mass is 16.5. The monoisotopic (exact) mass is 254 g/mol. The van der Waals surface area contributed by atoms with Crippen LogP contribution in [0.5, 0.6) is 11.5 Å². The Morgan fingerprint density at radius 3 is 2.00 bits per heavy atom. The molecule has 6 nitrogen and oxygen atoms in total. The maximum atomic E-state index is 5.41. The van der Waals surface area contributed by atoms with Crippen molar-refractivity contribution in [3.05, 3.63) is 23.8 Å². The first-order chi connectivity index (χ1) is 8.38. The third-order valence-corrected chi connectivity index (χ3v) is 2.18. The first-order valence-corrected chi connectivity index (χ1v) is 5.87. The Balaban J connectivity index is 2.96. The van der Waals surface area contributed by atoms with Crippen molar-refractivity contribution in [1.82, 2.24) is 0 Å². The number of hydrogen-bond donors (Lipinski definition) is 4. The van der Waals surface area contributed by atoms with Crippen molar-refractivity contribution in [1.29, 1.82) is 0 Å². The highest BCUT2D eigenvalue weighted by Gasteiger charge is 2.11. The van der Waals surface area contributed by atoms with E-state index in [2.05, 4.69) is 13.8 Å². The summed E-state index contributed by atoms with van der Waals surface area (Å²) in [5, 5.41) is 0. The van der Waals surface area contributed by atoms with Gasteiger partial charge in [-0.05, 0) is 30.0 Å². The van der Waals surface area contributed by atoms with E-state index in [-0.39, 0.29) is 0 Å². The highest BCUT2D eigenvalue weighted by Crippen LogP contribution is 2.29. The van der Waals surface area contributed by atoms with Gasteiger partial charge >= 0.3 is 0 Å². The van der Waals surface area contributed by atoms with E-state index in [0.717, 1.165) is 12.0 Å². The molecule has 0 aliphatic heterocycles. The van der Waals surface area contributed by atoms with Crippen molar-refractivity contribution in [3.8, 4) is 11.5 Å². The second-order valence-corrected chi connectivity index (χ2v) is 4.54. The predicted octanol–water partition coefficient (Wildman–Crippen LogP) is 0.0447. The van der Waals surface area contributed by atoms with Crippen molar-refractivity contribution < 1.29 is 9.47 Å². The van der Waals surface area contributed by atoms with Crippen LogP contribution in [-0.2, 0) is 6.42 Å². The molecule has 0 amide bonds.